The molecule has 0 aliphatic rings. The van der Waals surface area contributed by atoms with Gasteiger partial charge in [0.15, 0.2) is 0 Å². The first-order chi connectivity index (χ1) is 9.09. The highest BCUT2D eigenvalue weighted by molar-refractivity contribution is 5.85. The van der Waals surface area contributed by atoms with E-state index in [0.29, 0.717) is 19.4 Å². The smallest absolute Gasteiger partial charge is 0.240 e. The predicted octanol–water partition coefficient (Wildman–Crippen LogP) is 2.15. The summed E-state index contributed by atoms with van der Waals surface area (Å²) in [7, 11) is 1.88. The molecular formula is C14H22N4O. The number of nitrogens with zero attached hydrogens (tertiary/aromatic N) is 3. The molecule has 1 amide bonds. The van der Waals surface area contributed by atoms with Crippen molar-refractivity contribution in [2.45, 2.75) is 46.1 Å². The van der Waals surface area contributed by atoms with Gasteiger partial charge >= 0.3 is 0 Å². The molecule has 104 valence electrons. The predicted molar refractivity (Wildman–Crippen MR) is 72.9 cm³/mol. The molecule has 0 aromatic carbocycles. The van der Waals surface area contributed by atoms with Crippen LogP contribution in [0.4, 0.5) is 0 Å². The van der Waals surface area contributed by atoms with E-state index in [-0.39, 0.29) is 5.91 Å². The lowest BCUT2D eigenvalue weighted by Gasteiger charge is -2.24. The van der Waals surface area contributed by atoms with Crippen molar-refractivity contribution in [2.75, 3.05) is 0 Å². The summed E-state index contributed by atoms with van der Waals surface area (Å²) in [5, 5.41) is 12.2. The number of carbonyl (C=O) groups excluding carboxylic acids is 1. The van der Waals surface area contributed by atoms with Crippen LogP contribution in [0, 0.1) is 16.7 Å². The minimum atomic E-state index is -0.894. The number of aromatic nitrogens is 2. The number of rotatable bonds is 7. The molecular weight excluding hydrogens is 240 g/mol. The summed E-state index contributed by atoms with van der Waals surface area (Å²) in [6.07, 6.45) is 6.37. The molecule has 5 nitrogen and oxygen atoms in total. The van der Waals surface area contributed by atoms with Crippen LogP contribution in [-0.4, -0.2) is 15.5 Å². The normalized spacial score (nSPS) is 11.1. The molecule has 0 aliphatic heterocycles. The van der Waals surface area contributed by atoms with Gasteiger partial charge in [0.25, 0.3) is 0 Å². The largest absolute Gasteiger partial charge is 0.347 e. The Kier molecular flexibility index (Phi) is 5.56. The summed E-state index contributed by atoms with van der Waals surface area (Å²) < 4.78 is 1.86. The van der Waals surface area contributed by atoms with E-state index in [9.17, 15) is 10.1 Å². The van der Waals surface area contributed by atoms with Crippen LogP contribution in [0.3, 0.4) is 0 Å². The Hall–Kier alpha value is -1.83. The van der Waals surface area contributed by atoms with Gasteiger partial charge in [-0.15, -0.1) is 0 Å². The molecule has 0 radical (unpaired) electrons. The molecule has 0 atom stereocenters. The molecule has 0 spiro atoms. The van der Waals surface area contributed by atoms with E-state index in [2.05, 4.69) is 16.4 Å². The maximum Gasteiger partial charge on any atom is 0.240 e. The second-order valence-electron chi connectivity index (χ2n) is 4.83. The Labute approximate surface area is 114 Å². The van der Waals surface area contributed by atoms with Crippen molar-refractivity contribution in [3.8, 4) is 6.07 Å². The minimum absolute atomic E-state index is 0.179. The standard InChI is InChI=1S/C14H22N4O/c1-4-6-14(11-15,7-5-2)13(19)17-10-12-16-8-9-18(12)3/h8-9H,4-7,10H2,1-3H3,(H,17,19). The number of imidazole rings is 1. The number of aryl methyl sites for hydroxylation is 1. The van der Waals surface area contributed by atoms with Crippen molar-refractivity contribution in [1.29, 1.82) is 5.26 Å². The van der Waals surface area contributed by atoms with Gasteiger partial charge in [-0.2, -0.15) is 5.26 Å². The summed E-state index contributed by atoms with van der Waals surface area (Å²) in [6, 6.07) is 2.22. The van der Waals surface area contributed by atoms with Crippen LogP contribution in [-0.2, 0) is 18.4 Å². The quantitative estimate of drug-likeness (QED) is 0.818. The summed E-state index contributed by atoms with van der Waals surface area (Å²) in [5.74, 6) is 0.606. The van der Waals surface area contributed by atoms with E-state index in [1.807, 2.05) is 31.7 Å². The lowest BCUT2D eigenvalue weighted by atomic mass is 9.80. The second-order valence-corrected chi connectivity index (χ2v) is 4.83. The van der Waals surface area contributed by atoms with Gasteiger partial charge in [0.1, 0.15) is 11.2 Å². The first-order valence-corrected chi connectivity index (χ1v) is 6.75. The lowest BCUT2D eigenvalue weighted by molar-refractivity contribution is -0.129. The summed E-state index contributed by atoms with van der Waals surface area (Å²) >= 11 is 0. The molecule has 5 heteroatoms. The van der Waals surface area contributed by atoms with Gasteiger partial charge in [0, 0.05) is 19.4 Å². The van der Waals surface area contributed by atoms with E-state index < -0.39 is 5.41 Å². The van der Waals surface area contributed by atoms with Crippen molar-refractivity contribution >= 4 is 5.91 Å². The SMILES string of the molecule is CCCC(C#N)(CCC)C(=O)NCc1nccn1C. The third-order valence-corrected chi connectivity index (χ3v) is 3.33. The van der Waals surface area contributed by atoms with Crippen molar-refractivity contribution in [3.63, 3.8) is 0 Å². The summed E-state index contributed by atoms with van der Waals surface area (Å²) in [5.41, 5.74) is -0.894. The first-order valence-electron chi connectivity index (χ1n) is 6.75. The van der Waals surface area contributed by atoms with Crippen LogP contribution in [0.2, 0.25) is 0 Å². The monoisotopic (exact) mass is 262 g/mol. The van der Waals surface area contributed by atoms with E-state index in [1.165, 1.54) is 0 Å². The molecule has 1 heterocycles. The number of nitriles is 1. The van der Waals surface area contributed by atoms with Crippen molar-refractivity contribution in [3.05, 3.63) is 18.2 Å². The molecule has 1 aromatic rings. The molecule has 1 N–H and O–H groups in total. The number of hydrogen-bond donors (Lipinski definition) is 1. The Morgan fingerprint density at radius 2 is 2.11 bits per heavy atom. The molecule has 0 aliphatic carbocycles. The zero-order valence-electron chi connectivity index (χ0n) is 11.9. The Balaban J connectivity index is 2.72. The van der Waals surface area contributed by atoms with Gasteiger partial charge in [-0.3, -0.25) is 4.79 Å². The van der Waals surface area contributed by atoms with Crippen molar-refractivity contribution in [2.24, 2.45) is 12.5 Å². The molecule has 0 unspecified atom stereocenters. The third kappa shape index (κ3) is 3.57. The Morgan fingerprint density at radius 3 is 2.53 bits per heavy atom. The summed E-state index contributed by atoms with van der Waals surface area (Å²) in [6.45, 7) is 4.35. The summed E-state index contributed by atoms with van der Waals surface area (Å²) in [4.78, 5) is 16.5. The van der Waals surface area contributed by atoms with Crippen molar-refractivity contribution < 1.29 is 4.79 Å². The molecule has 19 heavy (non-hydrogen) atoms. The zero-order valence-corrected chi connectivity index (χ0v) is 11.9. The number of carbonyl (C=O) groups is 1. The van der Waals surface area contributed by atoms with Gasteiger partial charge in [-0.25, -0.2) is 4.98 Å². The molecule has 0 fully saturated rings. The lowest BCUT2D eigenvalue weighted by Crippen LogP contribution is -2.40. The van der Waals surface area contributed by atoms with E-state index in [1.54, 1.807) is 6.20 Å². The fraction of sp³-hybridized carbons (Fsp3) is 0.643. The van der Waals surface area contributed by atoms with Crippen LogP contribution >= 0.6 is 0 Å². The van der Waals surface area contributed by atoms with Crippen LogP contribution in [0.1, 0.15) is 45.4 Å². The molecule has 0 saturated heterocycles. The topological polar surface area (TPSA) is 70.7 Å². The highest BCUT2D eigenvalue weighted by Crippen LogP contribution is 2.29. The minimum Gasteiger partial charge on any atom is -0.347 e. The van der Waals surface area contributed by atoms with Gasteiger partial charge < -0.3 is 9.88 Å². The fourth-order valence-electron chi connectivity index (χ4n) is 2.26. The van der Waals surface area contributed by atoms with E-state index in [4.69, 9.17) is 0 Å². The van der Waals surface area contributed by atoms with E-state index >= 15 is 0 Å². The zero-order chi connectivity index (χ0) is 14.3. The Bertz CT molecular complexity index is 452. The molecule has 1 rings (SSSR count). The number of amides is 1. The van der Waals surface area contributed by atoms with Crippen LogP contribution in [0.15, 0.2) is 12.4 Å². The van der Waals surface area contributed by atoms with Crippen LogP contribution < -0.4 is 5.32 Å². The number of hydrogen-bond acceptors (Lipinski definition) is 3. The van der Waals surface area contributed by atoms with Gasteiger partial charge in [0.2, 0.25) is 5.91 Å². The highest BCUT2D eigenvalue weighted by Gasteiger charge is 2.36. The molecule has 0 saturated carbocycles. The average molecular weight is 262 g/mol. The number of nitrogens with one attached hydrogen (secondary N) is 1. The van der Waals surface area contributed by atoms with E-state index in [0.717, 1.165) is 18.7 Å². The van der Waals surface area contributed by atoms with Gasteiger partial charge in [-0.1, -0.05) is 26.7 Å². The maximum absolute atomic E-state index is 12.3. The van der Waals surface area contributed by atoms with Crippen LogP contribution in [0.5, 0.6) is 0 Å². The fourth-order valence-corrected chi connectivity index (χ4v) is 2.26. The van der Waals surface area contributed by atoms with Gasteiger partial charge in [-0.05, 0) is 12.8 Å². The first kappa shape index (κ1) is 15.2. The third-order valence-electron chi connectivity index (χ3n) is 3.33. The average Bonchev–Trinajstić information content (AvgIpc) is 2.81. The maximum atomic E-state index is 12.3. The highest BCUT2D eigenvalue weighted by atomic mass is 16.2. The Morgan fingerprint density at radius 1 is 1.47 bits per heavy atom. The van der Waals surface area contributed by atoms with Gasteiger partial charge in [0.05, 0.1) is 12.6 Å². The second kappa shape index (κ2) is 6.93. The molecule has 1 aromatic heterocycles. The van der Waals surface area contributed by atoms with Crippen LogP contribution in [0.25, 0.3) is 0 Å². The van der Waals surface area contributed by atoms with Crippen molar-refractivity contribution in [1.82, 2.24) is 14.9 Å². The molecule has 0 bridgehead atoms.